The lowest BCUT2D eigenvalue weighted by molar-refractivity contribution is 1.18. The van der Waals surface area contributed by atoms with Crippen LogP contribution in [0.5, 0.6) is 0 Å². The minimum Gasteiger partial charge on any atom is -0.309 e. The van der Waals surface area contributed by atoms with Gasteiger partial charge in [0, 0.05) is 43.3 Å². The average Bonchev–Trinajstić information content (AvgIpc) is 3.75. The molecule has 240 valence electrons. The van der Waals surface area contributed by atoms with Crippen molar-refractivity contribution in [2.24, 2.45) is 0 Å². The number of nitrogens with zero attached hydrogens (tertiary/aromatic N) is 2. The first kappa shape index (κ1) is 29.5. The van der Waals surface area contributed by atoms with Gasteiger partial charge in [0.05, 0.1) is 21.4 Å². The van der Waals surface area contributed by atoms with Crippen molar-refractivity contribution in [2.45, 2.75) is 0 Å². The molecule has 0 saturated heterocycles. The first-order chi connectivity index (χ1) is 25.3. The molecule has 0 aliphatic heterocycles. The van der Waals surface area contributed by atoms with Gasteiger partial charge >= 0.3 is 0 Å². The van der Waals surface area contributed by atoms with Crippen molar-refractivity contribution < 1.29 is 0 Å². The van der Waals surface area contributed by atoms with Gasteiger partial charge in [-0.05, 0) is 76.9 Å². The van der Waals surface area contributed by atoms with E-state index in [4.69, 9.17) is 0 Å². The molecular formula is C48H32N2S. The van der Waals surface area contributed by atoms with Crippen LogP contribution in [-0.4, -0.2) is 4.57 Å². The zero-order valence-electron chi connectivity index (χ0n) is 27.8. The lowest BCUT2D eigenvalue weighted by Crippen LogP contribution is -2.10. The number of rotatable bonds is 6. The molecule has 0 bridgehead atoms. The Hall–Kier alpha value is -6.42. The van der Waals surface area contributed by atoms with Crippen molar-refractivity contribution in [1.82, 2.24) is 4.57 Å². The Morgan fingerprint density at radius 3 is 1.86 bits per heavy atom. The fourth-order valence-electron chi connectivity index (χ4n) is 7.68. The Labute approximate surface area is 300 Å². The molecule has 8 aromatic carbocycles. The van der Waals surface area contributed by atoms with E-state index in [2.05, 4.69) is 204 Å². The van der Waals surface area contributed by atoms with Crippen LogP contribution in [0.4, 0.5) is 17.1 Å². The highest BCUT2D eigenvalue weighted by Crippen LogP contribution is 2.46. The smallest absolute Gasteiger partial charge is 0.0640 e. The SMILES string of the molecule is c1ccc(-c2ccc(-c3cccc4c3c3ccc(N(c5ccccc5)c5cccc6c5sc5ccccc56)cc3n4-c3ccccc3)cc2)cc1. The summed E-state index contributed by atoms with van der Waals surface area (Å²) in [4.78, 5) is 2.42. The molecule has 2 nitrogen and oxygen atoms in total. The molecule has 0 fully saturated rings. The van der Waals surface area contributed by atoms with Gasteiger partial charge in [0.1, 0.15) is 0 Å². The second-order valence-corrected chi connectivity index (χ2v) is 14.0. The minimum atomic E-state index is 1.12. The highest BCUT2D eigenvalue weighted by molar-refractivity contribution is 7.26. The van der Waals surface area contributed by atoms with E-state index in [9.17, 15) is 0 Å². The third-order valence-electron chi connectivity index (χ3n) is 9.99. The second-order valence-electron chi connectivity index (χ2n) is 12.9. The van der Waals surface area contributed by atoms with Crippen LogP contribution in [-0.2, 0) is 0 Å². The molecule has 0 aliphatic rings. The predicted molar refractivity (Wildman–Crippen MR) is 219 cm³/mol. The summed E-state index contributed by atoms with van der Waals surface area (Å²) in [6.45, 7) is 0. The van der Waals surface area contributed by atoms with Crippen LogP contribution >= 0.6 is 11.3 Å². The van der Waals surface area contributed by atoms with E-state index in [-0.39, 0.29) is 0 Å². The molecular weight excluding hydrogens is 637 g/mol. The van der Waals surface area contributed by atoms with Crippen molar-refractivity contribution in [1.29, 1.82) is 0 Å². The summed E-state index contributed by atoms with van der Waals surface area (Å²) >= 11 is 1.87. The summed E-state index contributed by atoms with van der Waals surface area (Å²) in [6.07, 6.45) is 0. The van der Waals surface area contributed by atoms with E-state index in [0.29, 0.717) is 0 Å². The summed E-state index contributed by atoms with van der Waals surface area (Å²) in [6, 6.07) is 70.3. The lowest BCUT2D eigenvalue weighted by Gasteiger charge is -2.26. The van der Waals surface area contributed by atoms with Gasteiger partial charge in [-0.25, -0.2) is 0 Å². The first-order valence-corrected chi connectivity index (χ1v) is 18.2. The summed E-state index contributed by atoms with van der Waals surface area (Å²) in [5.41, 5.74) is 11.8. The molecule has 10 aromatic rings. The topological polar surface area (TPSA) is 8.17 Å². The quantitative estimate of drug-likeness (QED) is 0.171. The highest BCUT2D eigenvalue weighted by atomic mass is 32.1. The Bertz CT molecular complexity index is 2830. The Morgan fingerprint density at radius 1 is 0.412 bits per heavy atom. The van der Waals surface area contributed by atoms with Gasteiger partial charge < -0.3 is 9.47 Å². The molecule has 2 aromatic heterocycles. The van der Waals surface area contributed by atoms with Crippen LogP contribution in [0.2, 0.25) is 0 Å². The molecule has 0 radical (unpaired) electrons. The van der Waals surface area contributed by atoms with Crippen LogP contribution in [0, 0.1) is 0 Å². The number of anilines is 3. The van der Waals surface area contributed by atoms with Gasteiger partial charge in [-0.1, -0.05) is 140 Å². The number of benzene rings is 8. The van der Waals surface area contributed by atoms with Crippen molar-refractivity contribution in [3.63, 3.8) is 0 Å². The normalized spacial score (nSPS) is 11.5. The van der Waals surface area contributed by atoms with Gasteiger partial charge in [-0.3, -0.25) is 0 Å². The van der Waals surface area contributed by atoms with Crippen LogP contribution in [0.3, 0.4) is 0 Å². The fraction of sp³-hybridized carbons (Fsp3) is 0. The largest absolute Gasteiger partial charge is 0.309 e. The van der Waals surface area contributed by atoms with Gasteiger partial charge in [0.25, 0.3) is 0 Å². The van der Waals surface area contributed by atoms with E-state index in [1.165, 1.54) is 69.9 Å². The molecule has 0 spiro atoms. The summed E-state index contributed by atoms with van der Waals surface area (Å²) in [7, 11) is 0. The minimum absolute atomic E-state index is 1.12. The maximum absolute atomic E-state index is 2.43. The van der Waals surface area contributed by atoms with Crippen LogP contribution in [0.15, 0.2) is 194 Å². The summed E-state index contributed by atoms with van der Waals surface area (Å²) < 4.78 is 5.02. The summed E-state index contributed by atoms with van der Waals surface area (Å²) in [5.74, 6) is 0. The monoisotopic (exact) mass is 668 g/mol. The summed E-state index contributed by atoms with van der Waals surface area (Å²) in [5, 5.41) is 5.08. The van der Waals surface area contributed by atoms with E-state index < -0.39 is 0 Å². The van der Waals surface area contributed by atoms with Crippen molar-refractivity contribution in [3.05, 3.63) is 194 Å². The van der Waals surface area contributed by atoms with Gasteiger partial charge in [0.2, 0.25) is 0 Å². The number of aromatic nitrogens is 1. The maximum Gasteiger partial charge on any atom is 0.0640 e. The number of hydrogen-bond donors (Lipinski definition) is 0. The second kappa shape index (κ2) is 12.2. The van der Waals surface area contributed by atoms with E-state index in [1.54, 1.807) is 0 Å². The Balaban J connectivity index is 1.22. The fourth-order valence-corrected chi connectivity index (χ4v) is 8.88. The predicted octanol–water partition coefficient (Wildman–Crippen LogP) is 14.0. The maximum atomic E-state index is 2.43. The molecule has 3 heteroatoms. The Kier molecular flexibility index (Phi) is 7.04. The zero-order chi connectivity index (χ0) is 33.7. The lowest BCUT2D eigenvalue weighted by atomic mass is 9.97. The van der Waals surface area contributed by atoms with E-state index in [0.717, 1.165) is 17.1 Å². The molecule has 0 atom stereocenters. The van der Waals surface area contributed by atoms with Crippen LogP contribution < -0.4 is 4.90 Å². The first-order valence-electron chi connectivity index (χ1n) is 17.4. The van der Waals surface area contributed by atoms with Gasteiger partial charge in [-0.15, -0.1) is 11.3 Å². The van der Waals surface area contributed by atoms with E-state index >= 15 is 0 Å². The third kappa shape index (κ3) is 4.93. The standard InChI is InChI=1S/C48H32N2S/c1-4-14-33(15-5-1)34-26-28-35(29-27-34)39-21-12-23-43-47(39)42-31-30-38(32-45(42)50(43)37-18-8-3-9-19-37)49(36-16-6-2-7-17-36)44-24-13-22-41-40-20-10-11-25-46(40)51-48(41)44/h1-32H. The molecule has 0 saturated carbocycles. The van der Waals surface area contributed by atoms with Crippen molar-refractivity contribution in [2.75, 3.05) is 4.90 Å². The Morgan fingerprint density at radius 2 is 1.06 bits per heavy atom. The number of para-hydroxylation sites is 2. The molecule has 2 heterocycles. The average molecular weight is 669 g/mol. The van der Waals surface area contributed by atoms with Crippen LogP contribution in [0.25, 0.3) is 69.9 Å². The number of fused-ring (bicyclic) bond motifs is 6. The van der Waals surface area contributed by atoms with Crippen LogP contribution in [0.1, 0.15) is 0 Å². The highest BCUT2D eigenvalue weighted by Gasteiger charge is 2.21. The molecule has 51 heavy (non-hydrogen) atoms. The van der Waals surface area contributed by atoms with Crippen molar-refractivity contribution >= 4 is 70.4 Å². The number of thiophene rings is 1. The number of hydrogen-bond acceptors (Lipinski definition) is 2. The molecule has 0 unspecified atom stereocenters. The zero-order valence-corrected chi connectivity index (χ0v) is 28.6. The molecule has 10 rings (SSSR count). The van der Waals surface area contributed by atoms with E-state index in [1.807, 2.05) is 11.3 Å². The molecule has 0 N–H and O–H groups in total. The van der Waals surface area contributed by atoms with Crippen molar-refractivity contribution in [3.8, 4) is 27.9 Å². The third-order valence-corrected chi connectivity index (χ3v) is 11.2. The van der Waals surface area contributed by atoms with Gasteiger partial charge in [0.15, 0.2) is 0 Å². The molecule has 0 aliphatic carbocycles. The van der Waals surface area contributed by atoms with Gasteiger partial charge in [-0.2, -0.15) is 0 Å². The molecule has 0 amide bonds.